The van der Waals surface area contributed by atoms with E-state index >= 15 is 0 Å². The summed E-state index contributed by atoms with van der Waals surface area (Å²) in [6.45, 7) is 0. The number of ether oxygens (including phenoxy) is 2. The number of hydrogen-bond acceptors (Lipinski definition) is 6. The SMILES string of the molecule is COc1ccccc1NC(=O)C(=O)N/N=C/c1c(OC(=O)c2ccc(Cl)cc2)ccc2ccccc12. The lowest BCUT2D eigenvalue weighted by Crippen LogP contribution is -2.32. The summed E-state index contributed by atoms with van der Waals surface area (Å²) < 4.78 is 10.8. The fourth-order valence-corrected chi connectivity index (χ4v) is 3.50. The Bertz CT molecular complexity index is 1470. The molecule has 0 saturated heterocycles. The summed E-state index contributed by atoms with van der Waals surface area (Å²) in [6, 6.07) is 23.8. The van der Waals surface area contributed by atoms with E-state index in [1.807, 2.05) is 24.3 Å². The van der Waals surface area contributed by atoms with Gasteiger partial charge in [-0.15, -0.1) is 0 Å². The second-order valence-electron chi connectivity index (χ2n) is 7.45. The number of nitrogens with zero attached hydrogens (tertiary/aromatic N) is 1. The Morgan fingerprint density at radius 3 is 2.33 bits per heavy atom. The number of anilines is 1. The summed E-state index contributed by atoms with van der Waals surface area (Å²) in [5, 5.41) is 8.49. The first kappa shape index (κ1) is 24.4. The number of carbonyl (C=O) groups excluding carboxylic acids is 3. The first-order valence-corrected chi connectivity index (χ1v) is 11.1. The number of methoxy groups -OCH3 is 1. The van der Waals surface area contributed by atoms with E-state index in [9.17, 15) is 14.4 Å². The maximum absolute atomic E-state index is 12.7. The molecule has 2 amide bonds. The number of hydrazone groups is 1. The predicted octanol–water partition coefficient (Wildman–Crippen LogP) is 4.81. The predicted molar refractivity (Wildman–Crippen MR) is 138 cm³/mol. The quantitative estimate of drug-likeness (QED) is 0.130. The molecule has 0 heterocycles. The average Bonchev–Trinajstić information content (AvgIpc) is 2.90. The van der Waals surface area contributed by atoms with Crippen molar-refractivity contribution in [3.8, 4) is 11.5 Å². The lowest BCUT2D eigenvalue weighted by molar-refractivity contribution is -0.136. The van der Waals surface area contributed by atoms with E-state index in [0.29, 0.717) is 27.6 Å². The number of nitrogens with one attached hydrogen (secondary N) is 2. The summed E-state index contributed by atoms with van der Waals surface area (Å²) in [6.07, 6.45) is 1.32. The van der Waals surface area contributed by atoms with Gasteiger partial charge in [-0.05, 0) is 53.2 Å². The normalized spacial score (nSPS) is 10.7. The maximum atomic E-state index is 12.7. The van der Waals surface area contributed by atoms with Gasteiger partial charge in [-0.25, -0.2) is 10.2 Å². The minimum Gasteiger partial charge on any atom is -0.495 e. The van der Waals surface area contributed by atoms with Gasteiger partial charge < -0.3 is 14.8 Å². The first-order valence-electron chi connectivity index (χ1n) is 10.7. The molecule has 2 N–H and O–H groups in total. The summed E-state index contributed by atoms with van der Waals surface area (Å²) in [7, 11) is 1.46. The monoisotopic (exact) mass is 501 g/mol. The van der Waals surface area contributed by atoms with Crippen molar-refractivity contribution in [1.82, 2.24) is 5.43 Å². The van der Waals surface area contributed by atoms with Gasteiger partial charge in [0.15, 0.2) is 0 Å². The second-order valence-corrected chi connectivity index (χ2v) is 7.88. The van der Waals surface area contributed by atoms with Gasteiger partial charge in [-0.3, -0.25) is 9.59 Å². The Balaban J connectivity index is 1.54. The zero-order valence-electron chi connectivity index (χ0n) is 19.0. The average molecular weight is 502 g/mol. The Morgan fingerprint density at radius 2 is 1.56 bits per heavy atom. The molecule has 0 fully saturated rings. The van der Waals surface area contributed by atoms with Crippen LogP contribution in [0.4, 0.5) is 5.69 Å². The molecule has 0 aromatic heterocycles. The van der Waals surface area contributed by atoms with Crippen LogP contribution in [0.25, 0.3) is 10.8 Å². The highest BCUT2D eigenvalue weighted by atomic mass is 35.5. The van der Waals surface area contributed by atoms with Crippen molar-refractivity contribution >= 4 is 52.1 Å². The van der Waals surface area contributed by atoms with Crippen LogP contribution in [-0.2, 0) is 9.59 Å². The molecular formula is C27H20ClN3O5. The van der Waals surface area contributed by atoms with Crippen molar-refractivity contribution < 1.29 is 23.9 Å². The third kappa shape index (κ3) is 5.68. The van der Waals surface area contributed by atoms with Gasteiger partial charge in [-0.1, -0.05) is 54.1 Å². The third-order valence-electron chi connectivity index (χ3n) is 5.13. The van der Waals surface area contributed by atoms with Gasteiger partial charge in [-0.2, -0.15) is 5.10 Å². The highest BCUT2D eigenvalue weighted by Crippen LogP contribution is 2.28. The van der Waals surface area contributed by atoms with Gasteiger partial charge in [0.25, 0.3) is 0 Å². The van der Waals surface area contributed by atoms with E-state index in [1.165, 1.54) is 13.3 Å². The van der Waals surface area contributed by atoms with E-state index in [1.54, 1.807) is 60.7 Å². The van der Waals surface area contributed by atoms with Crippen molar-refractivity contribution in [2.24, 2.45) is 5.10 Å². The number of hydrogen-bond donors (Lipinski definition) is 2. The molecule has 4 rings (SSSR count). The standard InChI is InChI=1S/C27H20ClN3O5/c1-35-24-9-5-4-8-22(24)30-25(32)26(33)31-29-16-21-20-7-3-2-6-17(20)12-15-23(21)36-27(34)18-10-13-19(28)14-11-18/h2-16H,1H3,(H,30,32)(H,31,33)/b29-16+. The van der Waals surface area contributed by atoms with Crippen LogP contribution in [0.1, 0.15) is 15.9 Å². The summed E-state index contributed by atoms with van der Waals surface area (Å²) in [4.78, 5) is 37.3. The number of fused-ring (bicyclic) bond motifs is 1. The number of amides is 2. The molecule has 0 aliphatic carbocycles. The van der Waals surface area contributed by atoms with E-state index in [0.717, 1.165) is 10.8 Å². The van der Waals surface area contributed by atoms with Crippen LogP contribution in [0.15, 0.2) is 90.0 Å². The maximum Gasteiger partial charge on any atom is 0.343 e. The van der Waals surface area contributed by atoms with Crippen LogP contribution in [-0.4, -0.2) is 31.1 Å². The van der Waals surface area contributed by atoms with Crippen LogP contribution in [0.5, 0.6) is 11.5 Å². The van der Waals surface area contributed by atoms with Gasteiger partial charge in [0.05, 0.1) is 24.6 Å². The molecule has 0 aliphatic heterocycles. The molecular weight excluding hydrogens is 482 g/mol. The molecule has 0 spiro atoms. The van der Waals surface area contributed by atoms with Crippen LogP contribution in [0, 0.1) is 0 Å². The van der Waals surface area contributed by atoms with E-state index in [4.69, 9.17) is 21.1 Å². The Kier molecular flexibility index (Phi) is 7.57. The van der Waals surface area contributed by atoms with E-state index in [-0.39, 0.29) is 5.75 Å². The molecule has 0 aliphatic rings. The molecule has 4 aromatic rings. The van der Waals surface area contributed by atoms with Crippen molar-refractivity contribution in [1.29, 1.82) is 0 Å². The fraction of sp³-hybridized carbons (Fsp3) is 0.0370. The first-order chi connectivity index (χ1) is 17.5. The molecule has 0 bridgehead atoms. The van der Waals surface area contributed by atoms with Crippen LogP contribution >= 0.6 is 11.6 Å². The van der Waals surface area contributed by atoms with Crippen molar-refractivity contribution in [2.45, 2.75) is 0 Å². The number of carbonyl (C=O) groups is 3. The molecule has 8 nitrogen and oxygen atoms in total. The van der Waals surface area contributed by atoms with Gasteiger partial charge >= 0.3 is 17.8 Å². The molecule has 0 unspecified atom stereocenters. The van der Waals surface area contributed by atoms with Crippen molar-refractivity contribution in [3.63, 3.8) is 0 Å². The van der Waals surface area contributed by atoms with Crippen LogP contribution < -0.4 is 20.2 Å². The Labute approximate surface area is 211 Å². The minimum absolute atomic E-state index is 0.227. The zero-order chi connectivity index (χ0) is 25.5. The van der Waals surface area contributed by atoms with Gasteiger partial charge in [0, 0.05) is 10.6 Å². The molecule has 0 atom stereocenters. The largest absolute Gasteiger partial charge is 0.495 e. The number of para-hydroxylation sites is 2. The van der Waals surface area contributed by atoms with Crippen molar-refractivity contribution in [3.05, 3.63) is 101 Å². The molecule has 36 heavy (non-hydrogen) atoms. The topological polar surface area (TPSA) is 106 Å². The van der Waals surface area contributed by atoms with Crippen molar-refractivity contribution in [2.75, 3.05) is 12.4 Å². The molecule has 0 saturated carbocycles. The second kappa shape index (κ2) is 11.2. The zero-order valence-corrected chi connectivity index (χ0v) is 19.8. The highest BCUT2D eigenvalue weighted by molar-refractivity contribution is 6.39. The highest BCUT2D eigenvalue weighted by Gasteiger charge is 2.16. The molecule has 180 valence electrons. The fourth-order valence-electron chi connectivity index (χ4n) is 3.38. The molecule has 0 radical (unpaired) electrons. The summed E-state index contributed by atoms with van der Waals surface area (Å²) >= 11 is 5.89. The summed E-state index contributed by atoms with van der Waals surface area (Å²) in [5.74, 6) is -1.87. The molecule has 9 heteroatoms. The lowest BCUT2D eigenvalue weighted by Gasteiger charge is -2.11. The number of benzene rings is 4. The van der Waals surface area contributed by atoms with Crippen LogP contribution in [0.3, 0.4) is 0 Å². The summed E-state index contributed by atoms with van der Waals surface area (Å²) in [5.41, 5.74) is 3.30. The number of halogens is 1. The van der Waals surface area contributed by atoms with Crippen LogP contribution in [0.2, 0.25) is 5.02 Å². The number of rotatable bonds is 6. The van der Waals surface area contributed by atoms with E-state index < -0.39 is 17.8 Å². The van der Waals surface area contributed by atoms with Gasteiger partial charge in [0.2, 0.25) is 0 Å². The molecule has 4 aromatic carbocycles. The van der Waals surface area contributed by atoms with E-state index in [2.05, 4.69) is 15.8 Å². The minimum atomic E-state index is -0.989. The number of esters is 1. The van der Waals surface area contributed by atoms with Gasteiger partial charge in [0.1, 0.15) is 11.5 Å². The third-order valence-corrected chi connectivity index (χ3v) is 5.39. The Morgan fingerprint density at radius 1 is 0.833 bits per heavy atom. The lowest BCUT2D eigenvalue weighted by atomic mass is 10.0. The smallest absolute Gasteiger partial charge is 0.343 e. The Hall–Kier alpha value is -4.69.